The van der Waals surface area contributed by atoms with Crippen molar-refractivity contribution >= 4 is 28.5 Å². The van der Waals surface area contributed by atoms with Crippen LogP contribution in [0.1, 0.15) is 11.1 Å². The second kappa shape index (κ2) is 6.85. The molecule has 134 valence electrons. The number of carbonyl (C=O) groups is 1. The standard InChI is InChI=1S/C21H16ClN3O2/c1-12-8-19-16(6-7-18(25-19)14-10-23-24-11-14)21(17(12)9-20(26)27)13-2-4-15(22)5-3-13/h2-8,10-11H,9H2,1H3,(H,23,24)(H,26,27). The Kier molecular flexibility index (Phi) is 4.38. The van der Waals surface area contributed by atoms with Gasteiger partial charge in [0.1, 0.15) is 0 Å². The van der Waals surface area contributed by atoms with Gasteiger partial charge in [-0.1, -0.05) is 29.8 Å². The topological polar surface area (TPSA) is 78.9 Å². The number of hydrogen-bond acceptors (Lipinski definition) is 3. The van der Waals surface area contributed by atoms with Crippen LogP contribution in [0.4, 0.5) is 0 Å². The van der Waals surface area contributed by atoms with E-state index < -0.39 is 5.97 Å². The number of pyridine rings is 1. The first-order chi connectivity index (χ1) is 13.0. The molecule has 0 unspecified atom stereocenters. The summed E-state index contributed by atoms with van der Waals surface area (Å²) in [5, 5.41) is 17.7. The lowest BCUT2D eigenvalue weighted by Gasteiger charge is -2.16. The third-order valence-electron chi connectivity index (χ3n) is 4.58. The lowest BCUT2D eigenvalue weighted by atomic mass is 9.90. The van der Waals surface area contributed by atoms with Gasteiger partial charge in [-0.2, -0.15) is 5.10 Å². The Morgan fingerprint density at radius 2 is 1.93 bits per heavy atom. The average Bonchev–Trinajstić information content (AvgIpc) is 3.17. The molecule has 0 aliphatic carbocycles. The number of aryl methyl sites for hydroxylation is 1. The summed E-state index contributed by atoms with van der Waals surface area (Å²) in [6.45, 7) is 1.92. The van der Waals surface area contributed by atoms with Crippen LogP contribution in [0.15, 0.2) is 54.9 Å². The number of nitrogens with zero attached hydrogens (tertiary/aromatic N) is 2. The number of aromatic nitrogens is 3. The Hall–Kier alpha value is -3.18. The number of aliphatic carboxylic acids is 1. The maximum absolute atomic E-state index is 11.5. The Morgan fingerprint density at radius 3 is 2.59 bits per heavy atom. The summed E-state index contributed by atoms with van der Waals surface area (Å²) >= 11 is 6.04. The monoisotopic (exact) mass is 377 g/mol. The molecule has 2 aromatic heterocycles. The number of rotatable bonds is 4. The van der Waals surface area contributed by atoms with E-state index in [2.05, 4.69) is 10.2 Å². The lowest BCUT2D eigenvalue weighted by molar-refractivity contribution is -0.136. The third kappa shape index (κ3) is 3.29. The van der Waals surface area contributed by atoms with Gasteiger partial charge in [0.25, 0.3) is 0 Å². The van der Waals surface area contributed by atoms with E-state index in [0.29, 0.717) is 5.02 Å². The van der Waals surface area contributed by atoms with Crippen LogP contribution in [-0.2, 0) is 11.2 Å². The van der Waals surface area contributed by atoms with Gasteiger partial charge in [-0.3, -0.25) is 9.89 Å². The number of H-pyrrole nitrogens is 1. The van der Waals surface area contributed by atoms with Crippen molar-refractivity contribution in [1.29, 1.82) is 0 Å². The molecule has 0 bridgehead atoms. The summed E-state index contributed by atoms with van der Waals surface area (Å²) in [5.41, 5.74) is 6.01. The van der Waals surface area contributed by atoms with Crippen molar-refractivity contribution in [2.45, 2.75) is 13.3 Å². The van der Waals surface area contributed by atoms with E-state index in [1.54, 1.807) is 12.4 Å². The minimum Gasteiger partial charge on any atom is -0.481 e. The molecule has 2 N–H and O–H groups in total. The SMILES string of the molecule is Cc1cc2nc(-c3cn[nH]c3)ccc2c(-c2ccc(Cl)cc2)c1CC(=O)O. The van der Waals surface area contributed by atoms with E-state index in [9.17, 15) is 9.90 Å². The molecule has 2 aromatic carbocycles. The molecule has 0 spiro atoms. The Bertz CT molecular complexity index is 1140. The summed E-state index contributed by atoms with van der Waals surface area (Å²) in [6.07, 6.45) is 3.46. The minimum atomic E-state index is -0.865. The average molecular weight is 378 g/mol. The van der Waals surface area contributed by atoms with Gasteiger partial charge in [0, 0.05) is 22.2 Å². The van der Waals surface area contributed by atoms with Crippen LogP contribution in [-0.4, -0.2) is 26.3 Å². The number of halogens is 1. The van der Waals surface area contributed by atoms with Gasteiger partial charge in [0.15, 0.2) is 0 Å². The zero-order valence-electron chi connectivity index (χ0n) is 14.5. The van der Waals surface area contributed by atoms with Crippen LogP contribution >= 0.6 is 11.6 Å². The Balaban J connectivity index is 2.00. The number of hydrogen-bond donors (Lipinski definition) is 2. The quantitative estimate of drug-likeness (QED) is 0.531. The first-order valence-corrected chi connectivity index (χ1v) is 8.81. The molecule has 5 nitrogen and oxygen atoms in total. The van der Waals surface area contributed by atoms with Crippen LogP contribution in [0.5, 0.6) is 0 Å². The zero-order valence-corrected chi connectivity index (χ0v) is 15.3. The van der Waals surface area contributed by atoms with E-state index in [4.69, 9.17) is 16.6 Å². The number of aromatic amines is 1. The number of benzene rings is 2. The predicted octanol–water partition coefficient (Wildman–Crippen LogP) is 4.88. The van der Waals surface area contributed by atoms with Gasteiger partial charge in [-0.25, -0.2) is 4.98 Å². The highest BCUT2D eigenvalue weighted by atomic mass is 35.5. The van der Waals surface area contributed by atoms with Gasteiger partial charge >= 0.3 is 5.97 Å². The molecule has 6 heteroatoms. The predicted molar refractivity (Wildman–Crippen MR) is 106 cm³/mol. The summed E-state index contributed by atoms with van der Waals surface area (Å²) in [4.78, 5) is 16.2. The molecule has 0 atom stereocenters. The number of fused-ring (bicyclic) bond motifs is 1. The van der Waals surface area contributed by atoms with Crippen molar-refractivity contribution in [2.24, 2.45) is 0 Å². The molecule has 4 aromatic rings. The molecule has 0 saturated carbocycles. The molecule has 4 rings (SSSR count). The molecule has 0 aliphatic rings. The highest BCUT2D eigenvalue weighted by molar-refractivity contribution is 6.30. The van der Waals surface area contributed by atoms with Gasteiger partial charge < -0.3 is 5.11 Å². The fourth-order valence-corrected chi connectivity index (χ4v) is 3.45. The second-order valence-electron chi connectivity index (χ2n) is 6.37. The van der Waals surface area contributed by atoms with Crippen molar-refractivity contribution in [2.75, 3.05) is 0 Å². The number of carboxylic acid groups (broad SMARTS) is 1. The zero-order chi connectivity index (χ0) is 19.0. The Labute approximate surface area is 160 Å². The summed E-state index contributed by atoms with van der Waals surface area (Å²) < 4.78 is 0. The smallest absolute Gasteiger partial charge is 0.307 e. The highest BCUT2D eigenvalue weighted by Crippen LogP contribution is 2.36. The fourth-order valence-electron chi connectivity index (χ4n) is 3.33. The van der Waals surface area contributed by atoms with Crippen molar-refractivity contribution in [1.82, 2.24) is 15.2 Å². The van der Waals surface area contributed by atoms with Crippen LogP contribution in [0.25, 0.3) is 33.3 Å². The molecule has 0 aliphatic heterocycles. The van der Waals surface area contributed by atoms with Gasteiger partial charge in [0.05, 0.1) is 23.8 Å². The second-order valence-corrected chi connectivity index (χ2v) is 6.81. The molecular formula is C21H16ClN3O2. The molecule has 0 radical (unpaired) electrons. The minimum absolute atomic E-state index is 0.0524. The third-order valence-corrected chi connectivity index (χ3v) is 4.83. The van der Waals surface area contributed by atoms with Crippen LogP contribution < -0.4 is 0 Å². The van der Waals surface area contributed by atoms with Gasteiger partial charge in [0.2, 0.25) is 0 Å². The molecule has 0 amide bonds. The highest BCUT2D eigenvalue weighted by Gasteiger charge is 2.17. The van der Waals surface area contributed by atoms with Crippen molar-refractivity contribution in [3.63, 3.8) is 0 Å². The molecule has 0 fully saturated rings. The van der Waals surface area contributed by atoms with E-state index in [1.807, 2.05) is 49.4 Å². The summed E-state index contributed by atoms with van der Waals surface area (Å²) in [6, 6.07) is 13.3. The first-order valence-electron chi connectivity index (χ1n) is 8.43. The van der Waals surface area contributed by atoms with E-state index in [1.165, 1.54) is 0 Å². The molecule has 2 heterocycles. The van der Waals surface area contributed by atoms with E-state index in [0.717, 1.165) is 44.4 Å². The van der Waals surface area contributed by atoms with Gasteiger partial charge in [-0.15, -0.1) is 0 Å². The lowest BCUT2D eigenvalue weighted by Crippen LogP contribution is -2.05. The first kappa shape index (κ1) is 17.2. The van der Waals surface area contributed by atoms with E-state index in [-0.39, 0.29) is 6.42 Å². The largest absolute Gasteiger partial charge is 0.481 e. The van der Waals surface area contributed by atoms with Crippen LogP contribution in [0.2, 0.25) is 5.02 Å². The molecule has 27 heavy (non-hydrogen) atoms. The maximum atomic E-state index is 11.5. The molecule has 0 saturated heterocycles. The van der Waals surface area contributed by atoms with Crippen molar-refractivity contribution in [3.05, 3.63) is 71.0 Å². The Morgan fingerprint density at radius 1 is 1.15 bits per heavy atom. The van der Waals surface area contributed by atoms with Crippen molar-refractivity contribution < 1.29 is 9.90 Å². The normalized spacial score (nSPS) is 11.0. The fraction of sp³-hybridized carbons (Fsp3) is 0.0952. The number of nitrogens with one attached hydrogen (secondary N) is 1. The summed E-state index contributed by atoms with van der Waals surface area (Å²) in [5.74, 6) is -0.865. The van der Waals surface area contributed by atoms with Gasteiger partial charge in [-0.05, 0) is 53.4 Å². The molecular weight excluding hydrogens is 362 g/mol. The number of carboxylic acids is 1. The summed E-state index contributed by atoms with van der Waals surface area (Å²) in [7, 11) is 0. The van der Waals surface area contributed by atoms with Crippen molar-refractivity contribution in [3.8, 4) is 22.4 Å². The van der Waals surface area contributed by atoms with E-state index >= 15 is 0 Å². The van der Waals surface area contributed by atoms with Crippen LogP contribution in [0, 0.1) is 6.92 Å². The van der Waals surface area contributed by atoms with Crippen LogP contribution in [0.3, 0.4) is 0 Å². The maximum Gasteiger partial charge on any atom is 0.307 e.